The van der Waals surface area contributed by atoms with Gasteiger partial charge in [0.1, 0.15) is 0 Å². The zero-order chi connectivity index (χ0) is 12.8. The first-order valence-electron chi connectivity index (χ1n) is 6.17. The van der Waals surface area contributed by atoms with E-state index in [0.29, 0.717) is 26.3 Å². The second kappa shape index (κ2) is 6.49. The molecule has 1 amide bonds. The number of rotatable bonds is 4. The molecule has 1 aromatic rings. The molecule has 5 heteroatoms. The molecule has 0 aliphatic carbocycles. The fourth-order valence-electron chi connectivity index (χ4n) is 1.94. The molecule has 0 unspecified atom stereocenters. The van der Waals surface area contributed by atoms with Crippen LogP contribution in [0.5, 0.6) is 0 Å². The van der Waals surface area contributed by atoms with Crippen LogP contribution in [-0.4, -0.2) is 43.7 Å². The van der Waals surface area contributed by atoms with Gasteiger partial charge in [0.2, 0.25) is 5.91 Å². The van der Waals surface area contributed by atoms with Gasteiger partial charge in [0.05, 0.1) is 19.8 Å². The number of hydrogen-bond acceptors (Lipinski definition) is 4. The maximum atomic E-state index is 11.9. The minimum absolute atomic E-state index is 0.00562. The fraction of sp³-hybridized carbons (Fsp3) is 0.462. The summed E-state index contributed by atoms with van der Waals surface area (Å²) in [5.41, 5.74) is 7.38. The third-order valence-corrected chi connectivity index (χ3v) is 2.92. The number of morpholine rings is 1. The molecule has 0 bridgehead atoms. The van der Waals surface area contributed by atoms with Crippen LogP contribution in [0.1, 0.15) is 5.56 Å². The largest absolute Gasteiger partial charge is 0.379 e. The van der Waals surface area contributed by atoms with Crippen molar-refractivity contribution in [2.45, 2.75) is 6.54 Å². The minimum atomic E-state index is 0.00562. The molecule has 1 heterocycles. The summed E-state index contributed by atoms with van der Waals surface area (Å²) in [7, 11) is 0. The summed E-state index contributed by atoms with van der Waals surface area (Å²) in [6.45, 7) is 3.93. The minimum Gasteiger partial charge on any atom is -0.379 e. The van der Waals surface area contributed by atoms with Crippen LogP contribution in [0.15, 0.2) is 24.3 Å². The van der Waals surface area contributed by atoms with Gasteiger partial charge in [-0.15, -0.1) is 0 Å². The first kappa shape index (κ1) is 13.0. The van der Waals surface area contributed by atoms with Crippen molar-refractivity contribution in [1.82, 2.24) is 4.90 Å². The van der Waals surface area contributed by atoms with Gasteiger partial charge in [-0.2, -0.15) is 0 Å². The summed E-state index contributed by atoms with van der Waals surface area (Å²) in [4.78, 5) is 13.9. The SMILES string of the molecule is NCc1cccc(NC(=O)CN2CCOCC2)c1. The van der Waals surface area contributed by atoms with E-state index < -0.39 is 0 Å². The lowest BCUT2D eigenvalue weighted by molar-refractivity contribution is -0.118. The molecule has 3 N–H and O–H groups in total. The van der Waals surface area contributed by atoms with Gasteiger partial charge in [-0.05, 0) is 17.7 Å². The summed E-state index contributed by atoms with van der Waals surface area (Å²) >= 11 is 0. The Morgan fingerprint density at radius 3 is 2.89 bits per heavy atom. The van der Waals surface area contributed by atoms with Crippen molar-refractivity contribution < 1.29 is 9.53 Å². The molecule has 0 atom stereocenters. The average Bonchev–Trinajstić information content (AvgIpc) is 2.40. The Bertz CT molecular complexity index is 403. The number of carbonyl (C=O) groups is 1. The van der Waals surface area contributed by atoms with E-state index in [4.69, 9.17) is 10.5 Å². The smallest absolute Gasteiger partial charge is 0.238 e. The summed E-state index contributed by atoms with van der Waals surface area (Å²) in [5.74, 6) is 0.00562. The van der Waals surface area contributed by atoms with Crippen LogP contribution in [0.2, 0.25) is 0 Å². The van der Waals surface area contributed by atoms with Gasteiger partial charge in [-0.3, -0.25) is 9.69 Å². The number of nitrogens with zero attached hydrogens (tertiary/aromatic N) is 1. The highest BCUT2D eigenvalue weighted by Gasteiger charge is 2.14. The van der Waals surface area contributed by atoms with Crippen molar-refractivity contribution in [2.24, 2.45) is 5.73 Å². The predicted octanol–water partition coefficient (Wildman–Crippen LogP) is 0.416. The predicted molar refractivity (Wildman–Crippen MR) is 70.2 cm³/mol. The number of hydrogen-bond donors (Lipinski definition) is 2. The lowest BCUT2D eigenvalue weighted by atomic mass is 10.2. The molecule has 0 aromatic heterocycles. The van der Waals surface area contributed by atoms with Crippen LogP contribution in [-0.2, 0) is 16.1 Å². The van der Waals surface area contributed by atoms with Gasteiger partial charge in [0.25, 0.3) is 0 Å². The number of carbonyl (C=O) groups excluding carboxylic acids is 1. The molecule has 5 nitrogen and oxygen atoms in total. The van der Waals surface area contributed by atoms with E-state index in [1.54, 1.807) is 0 Å². The lowest BCUT2D eigenvalue weighted by Gasteiger charge is -2.25. The van der Waals surface area contributed by atoms with Crippen molar-refractivity contribution in [3.05, 3.63) is 29.8 Å². The fourth-order valence-corrected chi connectivity index (χ4v) is 1.94. The molecular formula is C13H19N3O2. The number of benzene rings is 1. The zero-order valence-corrected chi connectivity index (χ0v) is 10.4. The second-order valence-electron chi connectivity index (χ2n) is 4.34. The van der Waals surface area contributed by atoms with E-state index in [0.717, 1.165) is 24.3 Å². The van der Waals surface area contributed by atoms with E-state index in [1.165, 1.54) is 0 Å². The van der Waals surface area contributed by atoms with E-state index in [1.807, 2.05) is 24.3 Å². The molecular weight excluding hydrogens is 230 g/mol. The van der Waals surface area contributed by atoms with Crippen LogP contribution in [0.25, 0.3) is 0 Å². The summed E-state index contributed by atoms with van der Waals surface area (Å²) in [5, 5.41) is 2.89. The van der Waals surface area contributed by atoms with Gasteiger partial charge in [0.15, 0.2) is 0 Å². The summed E-state index contributed by atoms with van der Waals surface area (Å²) in [6.07, 6.45) is 0. The molecule has 0 saturated carbocycles. The van der Waals surface area contributed by atoms with Gasteiger partial charge < -0.3 is 15.8 Å². The summed E-state index contributed by atoms with van der Waals surface area (Å²) < 4.78 is 5.24. The number of anilines is 1. The molecule has 0 radical (unpaired) electrons. The van der Waals surface area contributed by atoms with Crippen LogP contribution in [0, 0.1) is 0 Å². The monoisotopic (exact) mass is 249 g/mol. The van der Waals surface area contributed by atoms with Crippen molar-refractivity contribution in [3.63, 3.8) is 0 Å². The molecule has 0 spiro atoms. The Morgan fingerprint density at radius 2 is 2.17 bits per heavy atom. The van der Waals surface area contributed by atoms with Crippen molar-refractivity contribution in [2.75, 3.05) is 38.2 Å². The van der Waals surface area contributed by atoms with Crippen molar-refractivity contribution >= 4 is 11.6 Å². The molecule has 1 aromatic carbocycles. The van der Waals surface area contributed by atoms with Gasteiger partial charge in [-0.1, -0.05) is 12.1 Å². The topological polar surface area (TPSA) is 67.6 Å². The Labute approximate surface area is 107 Å². The van der Waals surface area contributed by atoms with Crippen LogP contribution in [0.3, 0.4) is 0 Å². The van der Waals surface area contributed by atoms with Crippen molar-refractivity contribution in [1.29, 1.82) is 0 Å². The maximum absolute atomic E-state index is 11.9. The number of ether oxygens (including phenoxy) is 1. The highest BCUT2D eigenvalue weighted by atomic mass is 16.5. The number of amides is 1. The standard InChI is InChI=1S/C13H19N3O2/c14-9-11-2-1-3-12(8-11)15-13(17)10-16-4-6-18-7-5-16/h1-3,8H,4-7,9-10,14H2,(H,15,17). The summed E-state index contributed by atoms with van der Waals surface area (Å²) in [6, 6.07) is 7.61. The first-order chi connectivity index (χ1) is 8.78. The lowest BCUT2D eigenvalue weighted by Crippen LogP contribution is -2.41. The van der Waals surface area contributed by atoms with Gasteiger partial charge >= 0.3 is 0 Å². The number of nitrogens with one attached hydrogen (secondary N) is 1. The van der Waals surface area contributed by atoms with E-state index in [-0.39, 0.29) is 5.91 Å². The molecule has 1 aliphatic heterocycles. The third-order valence-electron chi connectivity index (χ3n) is 2.92. The maximum Gasteiger partial charge on any atom is 0.238 e. The Hall–Kier alpha value is -1.43. The second-order valence-corrected chi connectivity index (χ2v) is 4.34. The van der Waals surface area contributed by atoms with Crippen LogP contribution in [0.4, 0.5) is 5.69 Å². The van der Waals surface area contributed by atoms with E-state index in [9.17, 15) is 4.79 Å². The van der Waals surface area contributed by atoms with Crippen LogP contribution >= 0.6 is 0 Å². The van der Waals surface area contributed by atoms with Gasteiger partial charge in [0, 0.05) is 25.3 Å². The first-order valence-corrected chi connectivity index (χ1v) is 6.17. The van der Waals surface area contributed by atoms with Gasteiger partial charge in [-0.25, -0.2) is 0 Å². The van der Waals surface area contributed by atoms with E-state index in [2.05, 4.69) is 10.2 Å². The normalized spacial score (nSPS) is 16.5. The highest BCUT2D eigenvalue weighted by molar-refractivity contribution is 5.92. The highest BCUT2D eigenvalue weighted by Crippen LogP contribution is 2.10. The molecule has 1 aliphatic rings. The molecule has 1 saturated heterocycles. The Kier molecular flexibility index (Phi) is 4.69. The molecule has 2 rings (SSSR count). The molecule has 98 valence electrons. The average molecular weight is 249 g/mol. The van der Waals surface area contributed by atoms with Crippen molar-refractivity contribution in [3.8, 4) is 0 Å². The molecule has 1 fully saturated rings. The number of nitrogens with two attached hydrogens (primary N) is 1. The quantitative estimate of drug-likeness (QED) is 0.811. The van der Waals surface area contributed by atoms with Crippen LogP contribution < -0.4 is 11.1 Å². The Balaban J connectivity index is 1.85. The van der Waals surface area contributed by atoms with E-state index >= 15 is 0 Å². The third kappa shape index (κ3) is 3.80. The molecule has 18 heavy (non-hydrogen) atoms. The Morgan fingerprint density at radius 1 is 1.39 bits per heavy atom. The zero-order valence-electron chi connectivity index (χ0n) is 10.4.